The maximum atomic E-state index is 12.6. The number of aryl methyl sites for hydroxylation is 2. The maximum absolute atomic E-state index is 12.6. The van der Waals surface area contributed by atoms with Gasteiger partial charge in [0.1, 0.15) is 0 Å². The monoisotopic (exact) mass is 362 g/mol. The normalized spacial score (nSPS) is 15.3. The van der Waals surface area contributed by atoms with Gasteiger partial charge in [-0.15, -0.1) is 0 Å². The summed E-state index contributed by atoms with van der Waals surface area (Å²) >= 11 is 1.38. The fourth-order valence-electron chi connectivity index (χ4n) is 2.88. The minimum atomic E-state index is -0.0983. The molecule has 1 heterocycles. The second kappa shape index (κ2) is 7.59. The van der Waals surface area contributed by atoms with Crippen LogP contribution < -0.4 is 0 Å². The molecule has 0 unspecified atom stereocenters. The molecule has 0 spiro atoms. The van der Waals surface area contributed by atoms with Crippen molar-refractivity contribution < 1.29 is 9.59 Å². The zero-order valence-corrected chi connectivity index (χ0v) is 15.5. The predicted molar refractivity (Wildman–Crippen MR) is 102 cm³/mol. The first-order valence-corrected chi connectivity index (χ1v) is 9.21. The lowest BCUT2D eigenvalue weighted by atomic mass is 10.0. The van der Waals surface area contributed by atoms with E-state index in [9.17, 15) is 9.59 Å². The third-order valence-electron chi connectivity index (χ3n) is 4.10. The molecule has 1 aliphatic heterocycles. The third kappa shape index (κ3) is 4.04. The third-order valence-corrected chi connectivity index (χ3v) is 5.12. The number of carbonyl (C=O) groups excluding carboxylic acids is 2. The lowest BCUT2D eigenvalue weighted by molar-refractivity contribution is -0.125. The molecular weight excluding hydrogens is 344 g/mol. The van der Waals surface area contributed by atoms with Gasteiger partial charge in [0.05, 0.1) is 29.0 Å². The first-order valence-electron chi connectivity index (χ1n) is 8.23. The van der Waals surface area contributed by atoms with Gasteiger partial charge in [-0.2, -0.15) is 5.26 Å². The number of hydrogen-bond donors (Lipinski definition) is 0. The first-order chi connectivity index (χ1) is 12.5. The van der Waals surface area contributed by atoms with Crippen molar-refractivity contribution in [2.75, 3.05) is 5.75 Å². The number of nitriles is 1. The van der Waals surface area contributed by atoms with E-state index in [1.165, 1.54) is 11.8 Å². The number of thioether (sulfide) groups is 1. The van der Waals surface area contributed by atoms with E-state index in [0.29, 0.717) is 28.5 Å². The van der Waals surface area contributed by atoms with Crippen LogP contribution in [0.5, 0.6) is 0 Å². The van der Waals surface area contributed by atoms with E-state index < -0.39 is 0 Å². The van der Waals surface area contributed by atoms with E-state index >= 15 is 0 Å². The van der Waals surface area contributed by atoms with Crippen LogP contribution in [0.1, 0.15) is 32.6 Å². The van der Waals surface area contributed by atoms with Gasteiger partial charge in [0, 0.05) is 11.6 Å². The van der Waals surface area contributed by atoms with Crippen LogP contribution in [-0.4, -0.2) is 22.3 Å². The Morgan fingerprint density at radius 3 is 2.46 bits per heavy atom. The number of carbonyl (C=O) groups is 2. The molecule has 0 saturated carbocycles. The Morgan fingerprint density at radius 2 is 1.85 bits per heavy atom. The van der Waals surface area contributed by atoms with Crippen LogP contribution in [0.25, 0.3) is 0 Å². The molecule has 0 aliphatic carbocycles. The zero-order chi connectivity index (χ0) is 18.7. The molecule has 5 heteroatoms. The highest BCUT2D eigenvalue weighted by Crippen LogP contribution is 2.31. The molecule has 0 bridgehead atoms. The Morgan fingerprint density at radius 1 is 1.19 bits per heavy atom. The minimum Gasteiger partial charge on any atom is -0.301 e. The average Bonchev–Trinajstić information content (AvgIpc) is 2.95. The number of allylic oxidation sites excluding steroid dienone is 1. The number of amides is 1. The molecule has 1 aliphatic rings. The highest BCUT2D eigenvalue weighted by molar-refractivity contribution is 8.04. The quantitative estimate of drug-likeness (QED) is 0.610. The molecule has 2 aromatic rings. The van der Waals surface area contributed by atoms with E-state index in [0.717, 1.165) is 16.7 Å². The van der Waals surface area contributed by atoms with Crippen LogP contribution in [0.2, 0.25) is 0 Å². The van der Waals surface area contributed by atoms with Crippen molar-refractivity contribution in [3.05, 3.63) is 81.4 Å². The minimum absolute atomic E-state index is 0.0150. The second-order valence-corrected chi connectivity index (χ2v) is 7.30. The summed E-state index contributed by atoms with van der Waals surface area (Å²) in [7, 11) is 0. The van der Waals surface area contributed by atoms with Gasteiger partial charge in [0.15, 0.2) is 5.78 Å². The highest BCUT2D eigenvalue weighted by Gasteiger charge is 2.27. The highest BCUT2D eigenvalue weighted by atomic mass is 32.2. The molecular formula is C21H18N2O2S. The summed E-state index contributed by atoms with van der Waals surface area (Å²) in [6.45, 7) is 4.31. The summed E-state index contributed by atoms with van der Waals surface area (Å²) < 4.78 is 0. The van der Waals surface area contributed by atoms with Crippen molar-refractivity contribution in [1.29, 1.82) is 5.26 Å². The number of ketones is 1. The Kier molecular flexibility index (Phi) is 5.24. The average molecular weight is 362 g/mol. The second-order valence-electron chi connectivity index (χ2n) is 6.30. The molecule has 1 amide bonds. The molecule has 2 aromatic carbocycles. The first kappa shape index (κ1) is 18.0. The molecule has 0 N–H and O–H groups in total. The molecule has 0 aromatic heterocycles. The molecule has 0 radical (unpaired) electrons. The standard InChI is InChI=1S/C21H18N2O2S/c1-14-7-15(2)9-18(8-14)19(24)10-21-23(20(25)13-26-21)12-17-5-3-16(11-22)4-6-17/h3-10H,12-13H2,1-2H3/b21-10-. The molecule has 1 fully saturated rings. The summed E-state index contributed by atoms with van der Waals surface area (Å²) in [6, 6.07) is 14.9. The van der Waals surface area contributed by atoms with Gasteiger partial charge in [-0.05, 0) is 43.7 Å². The van der Waals surface area contributed by atoms with Crippen LogP contribution in [0.15, 0.2) is 53.6 Å². The van der Waals surface area contributed by atoms with Crippen molar-refractivity contribution in [3.8, 4) is 6.07 Å². The van der Waals surface area contributed by atoms with E-state index in [2.05, 4.69) is 6.07 Å². The Labute approximate surface area is 157 Å². The Balaban J connectivity index is 1.83. The van der Waals surface area contributed by atoms with E-state index in [-0.39, 0.29) is 11.7 Å². The number of rotatable bonds is 4. The topological polar surface area (TPSA) is 61.2 Å². The lowest BCUT2D eigenvalue weighted by Gasteiger charge is -2.17. The van der Waals surface area contributed by atoms with Crippen LogP contribution in [0, 0.1) is 25.2 Å². The van der Waals surface area contributed by atoms with Gasteiger partial charge < -0.3 is 4.90 Å². The fourth-order valence-corrected chi connectivity index (χ4v) is 3.82. The van der Waals surface area contributed by atoms with Crippen LogP contribution >= 0.6 is 11.8 Å². The van der Waals surface area contributed by atoms with Gasteiger partial charge >= 0.3 is 0 Å². The van der Waals surface area contributed by atoms with Gasteiger partial charge in [-0.25, -0.2) is 0 Å². The van der Waals surface area contributed by atoms with Crippen molar-refractivity contribution in [2.45, 2.75) is 20.4 Å². The van der Waals surface area contributed by atoms with Crippen molar-refractivity contribution in [2.24, 2.45) is 0 Å². The molecule has 3 rings (SSSR count). The SMILES string of the molecule is Cc1cc(C)cc(C(=O)/C=C2\SCC(=O)N2Cc2ccc(C#N)cc2)c1. The van der Waals surface area contributed by atoms with Gasteiger partial charge in [0.2, 0.25) is 5.91 Å². The maximum Gasteiger partial charge on any atom is 0.238 e. The van der Waals surface area contributed by atoms with Gasteiger partial charge in [0.25, 0.3) is 0 Å². The predicted octanol–water partition coefficient (Wildman–Crippen LogP) is 3.97. The molecule has 4 nitrogen and oxygen atoms in total. The lowest BCUT2D eigenvalue weighted by Crippen LogP contribution is -2.24. The van der Waals surface area contributed by atoms with Crippen LogP contribution in [0.3, 0.4) is 0 Å². The van der Waals surface area contributed by atoms with Crippen LogP contribution in [-0.2, 0) is 11.3 Å². The van der Waals surface area contributed by atoms with Gasteiger partial charge in [-0.1, -0.05) is 41.1 Å². The van der Waals surface area contributed by atoms with E-state index in [1.54, 1.807) is 23.1 Å². The summed E-state index contributed by atoms with van der Waals surface area (Å²) in [5.74, 6) is 0.222. The van der Waals surface area contributed by atoms with Crippen molar-refractivity contribution in [1.82, 2.24) is 4.90 Å². The largest absolute Gasteiger partial charge is 0.301 e. The van der Waals surface area contributed by atoms with E-state index in [4.69, 9.17) is 5.26 Å². The number of hydrogen-bond acceptors (Lipinski definition) is 4. The Bertz CT molecular complexity index is 919. The van der Waals surface area contributed by atoms with Crippen molar-refractivity contribution >= 4 is 23.5 Å². The van der Waals surface area contributed by atoms with Gasteiger partial charge in [-0.3, -0.25) is 9.59 Å². The molecule has 1 saturated heterocycles. The smallest absolute Gasteiger partial charge is 0.238 e. The zero-order valence-electron chi connectivity index (χ0n) is 14.7. The van der Waals surface area contributed by atoms with E-state index in [1.807, 2.05) is 44.2 Å². The summed E-state index contributed by atoms with van der Waals surface area (Å²) in [5, 5.41) is 9.55. The fraction of sp³-hybridized carbons (Fsp3) is 0.190. The number of nitrogens with zero attached hydrogens (tertiary/aromatic N) is 2. The molecule has 130 valence electrons. The molecule has 0 atom stereocenters. The summed E-state index contributed by atoms with van der Waals surface area (Å²) in [6.07, 6.45) is 1.55. The summed E-state index contributed by atoms with van der Waals surface area (Å²) in [4.78, 5) is 26.5. The van der Waals surface area contributed by atoms with Crippen LogP contribution in [0.4, 0.5) is 0 Å². The Hall–Kier alpha value is -2.84. The summed E-state index contributed by atoms with van der Waals surface area (Å²) in [5.41, 5.74) is 4.21. The molecule has 26 heavy (non-hydrogen) atoms. The van der Waals surface area contributed by atoms with Crippen molar-refractivity contribution in [3.63, 3.8) is 0 Å². The number of benzene rings is 2.